The first kappa shape index (κ1) is 21.1. The fraction of sp³-hybridized carbons (Fsp3) is 0.435. The summed E-state index contributed by atoms with van der Waals surface area (Å²) in [7, 11) is 5.48. The number of hydrogen-bond donors (Lipinski definition) is 1. The number of ether oxygens (including phenoxy) is 1. The first-order valence-electron chi connectivity index (χ1n) is 10.7. The average Bonchev–Trinajstić information content (AvgIpc) is 3.35. The number of nitrogens with one attached hydrogen (secondary N) is 1. The van der Waals surface area contributed by atoms with Gasteiger partial charge in [-0.15, -0.1) is 0 Å². The highest BCUT2D eigenvalue weighted by Crippen LogP contribution is 2.24. The molecule has 3 heterocycles. The summed E-state index contributed by atoms with van der Waals surface area (Å²) in [5.41, 5.74) is 3.50. The van der Waals surface area contributed by atoms with Crippen molar-refractivity contribution in [1.29, 1.82) is 0 Å². The molecule has 0 saturated carbocycles. The van der Waals surface area contributed by atoms with Gasteiger partial charge < -0.3 is 10.1 Å². The van der Waals surface area contributed by atoms with Crippen molar-refractivity contribution in [2.75, 3.05) is 25.5 Å². The van der Waals surface area contributed by atoms with Gasteiger partial charge in [0.2, 0.25) is 0 Å². The lowest BCUT2D eigenvalue weighted by atomic mass is 9.91. The van der Waals surface area contributed by atoms with E-state index in [4.69, 9.17) is 4.74 Å². The predicted octanol–water partition coefficient (Wildman–Crippen LogP) is 2.87. The first-order chi connectivity index (χ1) is 15.0. The Bertz CT molecular complexity index is 1020. The zero-order valence-electron chi connectivity index (χ0n) is 18.4. The molecule has 0 unspecified atom stereocenters. The van der Waals surface area contributed by atoms with Crippen molar-refractivity contribution in [2.24, 2.45) is 20.0 Å². The van der Waals surface area contributed by atoms with Crippen LogP contribution in [0, 0.1) is 5.92 Å². The maximum Gasteiger partial charge on any atom is 0.259 e. The molecule has 31 heavy (non-hydrogen) atoms. The van der Waals surface area contributed by atoms with Gasteiger partial charge in [-0.1, -0.05) is 0 Å². The molecule has 0 atom stereocenters. The Balaban J connectivity index is 1.35. The largest absolute Gasteiger partial charge is 0.497 e. The van der Waals surface area contributed by atoms with Gasteiger partial charge in [0.25, 0.3) is 5.91 Å². The molecule has 0 radical (unpaired) electrons. The Morgan fingerprint density at radius 3 is 2.55 bits per heavy atom. The van der Waals surface area contributed by atoms with Crippen LogP contribution in [0.4, 0.5) is 5.69 Å². The van der Waals surface area contributed by atoms with Gasteiger partial charge in [0.05, 0.1) is 24.1 Å². The number of anilines is 1. The van der Waals surface area contributed by atoms with Crippen LogP contribution in [-0.4, -0.2) is 50.6 Å². The van der Waals surface area contributed by atoms with E-state index in [1.807, 2.05) is 55.4 Å². The van der Waals surface area contributed by atoms with E-state index in [-0.39, 0.29) is 5.91 Å². The number of aryl methyl sites for hydroxylation is 2. The molecule has 1 aromatic carbocycles. The summed E-state index contributed by atoms with van der Waals surface area (Å²) in [5, 5.41) is 11.8. The van der Waals surface area contributed by atoms with Gasteiger partial charge in [0.1, 0.15) is 5.75 Å². The maximum absolute atomic E-state index is 12.9. The summed E-state index contributed by atoms with van der Waals surface area (Å²) in [6.45, 7) is 3.04. The van der Waals surface area contributed by atoms with Gasteiger partial charge in [-0.2, -0.15) is 10.2 Å². The van der Waals surface area contributed by atoms with Crippen LogP contribution in [0.2, 0.25) is 0 Å². The van der Waals surface area contributed by atoms with E-state index in [1.54, 1.807) is 11.8 Å². The lowest BCUT2D eigenvalue weighted by molar-refractivity contribution is 0.102. The Hall–Kier alpha value is -3.13. The molecule has 4 rings (SSSR count). The van der Waals surface area contributed by atoms with E-state index in [1.165, 1.54) is 5.69 Å². The predicted molar refractivity (Wildman–Crippen MR) is 119 cm³/mol. The third-order valence-electron chi connectivity index (χ3n) is 6.00. The van der Waals surface area contributed by atoms with E-state index in [0.717, 1.165) is 56.0 Å². The van der Waals surface area contributed by atoms with Crippen molar-refractivity contribution >= 4 is 11.6 Å². The van der Waals surface area contributed by atoms with E-state index in [0.29, 0.717) is 11.5 Å². The lowest BCUT2D eigenvalue weighted by Crippen LogP contribution is -2.34. The second kappa shape index (κ2) is 9.34. The highest BCUT2D eigenvalue weighted by atomic mass is 16.5. The Labute approximate surface area is 182 Å². The fourth-order valence-corrected chi connectivity index (χ4v) is 4.16. The van der Waals surface area contributed by atoms with Gasteiger partial charge in [0.15, 0.2) is 0 Å². The second-order valence-corrected chi connectivity index (χ2v) is 8.22. The van der Waals surface area contributed by atoms with Crippen LogP contribution < -0.4 is 10.1 Å². The Kier molecular flexibility index (Phi) is 6.36. The number of benzene rings is 1. The summed E-state index contributed by atoms with van der Waals surface area (Å²) < 4.78 is 8.84. The number of carbonyl (C=O) groups is 1. The molecular weight excluding hydrogens is 392 g/mol. The van der Waals surface area contributed by atoms with E-state index < -0.39 is 0 Å². The molecule has 0 bridgehead atoms. The SMILES string of the molecule is COc1ccc(NC(=O)c2cn(C)nc2CC2CCN(Cc3ccnn3C)CC2)cc1. The number of likely N-dealkylation sites (tertiary alicyclic amines) is 1. The lowest BCUT2D eigenvalue weighted by Gasteiger charge is -2.31. The van der Waals surface area contributed by atoms with Crippen LogP contribution in [0.15, 0.2) is 42.7 Å². The number of methoxy groups -OCH3 is 1. The number of piperidine rings is 1. The summed E-state index contributed by atoms with van der Waals surface area (Å²) in [6.07, 6.45) is 6.70. The van der Waals surface area contributed by atoms with Crippen molar-refractivity contribution in [3.05, 3.63) is 59.7 Å². The number of carbonyl (C=O) groups excluding carboxylic acids is 1. The quantitative estimate of drug-likeness (QED) is 0.634. The minimum atomic E-state index is -0.123. The zero-order chi connectivity index (χ0) is 21.8. The highest BCUT2D eigenvalue weighted by Gasteiger charge is 2.24. The van der Waals surface area contributed by atoms with Crippen molar-refractivity contribution in [1.82, 2.24) is 24.5 Å². The van der Waals surface area contributed by atoms with Crippen LogP contribution in [0.25, 0.3) is 0 Å². The number of hydrogen-bond acceptors (Lipinski definition) is 5. The number of nitrogens with zero attached hydrogens (tertiary/aromatic N) is 5. The van der Waals surface area contributed by atoms with E-state index in [2.05, 4.69) is 26.5 Å². The van der Waals surface area contributed by atoms with Gasteiger partial charge >= 0.3 is 0 Å². The molecule has 0 aliphatic carbocycles. The second-order valence-electron chi connectivity index (χ2n) is 8.22. The molecule has 1 fully saturated rings. The normalized spacial score (nSPS) is 15.2. The molecular formula is C23H30N6O2. The molecule has 8 heteroatoms. The van der Waals surface area contributed by atoms with Crippen LogP contribution in [-0.2, 0) is 27.1 Å². The Morgan fingerprint density at radius 1 is 1.16 bits per heavy atom. The molecule has 0 spiro atoms. The third-order valence-corrected chi connectivity index (χ3v) is 6.00. The van der Waals surface area contributed by atoms with Gasteiger partial charge in [-0.3, -0.25) is 19.1 Å². The molecule has 1 aliphatic heterocycles. The molecule has 8 nitrogen and oxygen atoms in total. The number of aromatic nitrogens is 4. The fourth-order valence-electron chi connectivity index (χ4n) is 4.16. The molecule has 1 N–H and O–H groups in total. The molecule has 1 amide bonds. The summed E-state index contributed by atoms with van der Waals surface area (Å²) in [4.78, 5) is 15.4. The minimum Gasteiger partial charge on any atom is -0.497 e. The minimum absolute atomic E-state index is 0.123. The van der Waals surface area contributed by atoms with Gasteiger partial charge in [-0.25, -0.2) is 0 Å². The summed E-state index contributed by atoms with van der Waals surface area (Å²) in [5.74, 6) is 1.17. The van der Waals surface area contributed by atoms with Crippen molar-refractivity contribution in [3.63, 3.8) is 0 Å². The molecule has 3 aromatic rings. The average molecular weight is 423 g/mol. The first-order valence-corrected chi connectivity index (χ1v) is 10.7. The van der Waals surface area contributed by atoms with Crippen LogP contribution in [0.3, 0.4) is 0 Å². The van der Waals surface area contributed by atoms with Gasteiger partial charge in [-0.05, 0) is 68.6 Å². The van der Waals surface area contributed by atoms with Gasteiger partial charge in [0, 0.05) is 38.7 Å². The molecule has 164 valence electrons. The Morgan fingerprint density at radius 2 is 1.90 bits per heavy atom. The van der Waals surface area contributed by atoms with Crippen LogP contribution in [0.5, 0.6) is 5.75 Å². The molecule has 1 saturated heterocycles. The van der Waals surface area contributed by atoms with Crippen molar-refractivity contribution < 1.29 is 9.53 Å². The highest BCUT2D eigenvalue weighted by molar-refractivity contribution is 6.04. The number of rotatable bonds is 7. The number of amides is 1. The molecule has 2 aromatic heterocycles. The van der Waals surface area contributed by atoms with Crippen molar-refractivity contribution in [2.45, 2.75) is 25.8 Å². The topological polar surface area (TPSA) is 77.2 Å². The van der Waals surface area contributed by atoms with E-state index >= 15 is 0 Å². The van der Waals surface area contributed by atoms with Crippen LogP contribution >= 0.6 is 0 Å². The summed E-state index contributed by atoms with van der Waals surface area (Å²) >= 11 is 0. The smallest absolute Gasteiger partial charge is 0.259 e. The van der Waals surface area contributed by atoms with Crippen LogP contribution in [0.1, 0.15) is 34.6 Å². The summed E-state index contributed by atoms with van der Waals surface area (Å²) in [6, 6.07) is 9.42. The standard InChI is InChI=1S/C23H30N6O2/c1-27-16-21(23(30)25-18-4-6-20(31-3)7-5-18)22(26-27)14-17-9-12-29(13-10-17)15-19-8-11-24-28(19)2/h4-8,11,16-17H,9-10,12-15H2,1-3H3,(H,25,30). The van der Waals surface area contributed by atoms with E-state index in [9.17, 15) is 4.79 Å². The monoisotopic (exact) mass is 422 g/mol. The third kappa shape index (κ3) is 5.14. The molecule has 1 aliphatic rings. The zero-order valence-corrected chi connectivity index (χ0v) is 18.4. The maximum atomic E-state index is 12.9. The van der Waals surface area contributed by atoms with Crippen molar-refractivity contribution in [3.8, 4) is 5.75 Å².